The molecule has 1 saturated heterocycles. The lowest BCUT2D eigenvalue weighted by Gasteiger charge is -2.29. The lowest BCUT2D eigenvalue weighted by atomic mass is 10.0. The Hall–Kier alpha value is -5.13. The van der Waals surface area contributed by atoms with Gasteiger partial charge in [0, 0.05) is 36.0 Å². The second kappa shape index (κ2) is 12.9. The number of carbonyl (C=O) groups is 1. The van der Waals surface area contributed by atoms with Crippen LogP contribution in [0.4, 0.5) is 39.4 Å². The zero-order chi connectivity index (χ0) is 33.4. The predicted octanol–water partition coefficient (Wildman–Crippen LogP) is 7.82. The number of nitrogens with one attached hydrogen (secondary N) is 2. The van der Waals surface area contributed by atoms with Crippen molar-refractivity contribution in [2.75, 3.05) is 23.7 Å². The van der Waals surface area contributed by atoms with Crippen molar-refractivity contribution < 1.29 is 27.5 Å². The zero-order valence-electron chi connectivity index (χ0n) is 24.0. The van der Waals surface area contributed by atoms with Gasteiger partial charge in [0.05, 0.1) is 45.1 Å². The second-order valence-electron chi connectivity index (χ2n) is 10.8. The van der Waals surface area contributed by atoms with E-state index in [-0.39, 0.29) is 38.6 Å². The highest BCUT2D eigenvalue weighted by Gasteiger charge is 2.27. The molecular weight excluding hydrogens is 663 g/mol. The fourth-order valence-electron chi connectivity index (χ4n) is 5.44. The van der Waals surface area contributed by atoms with Crippen molar-refractivity contribution in [3.05, 3.63) is 105 Å². The van der Waals surface area contributed by atoms with Gasteiger partial charge < -0.3 is 20.6 Å². The molecule has 0 saturated carbocycles. The van der Waals surface area contributed by atoms with E-state index in [9.17, 15) is 32.7 Å². The highest BCUT2D eigenvalue weighted by atomic mass is 35.5. The maximum atomic E-state index is 14.5. The van der Waals surface area contributed by atoms with Gasteiger partial charge in [-0.25, -0.2) is 27.0 Å². The second-order valence-corrected chi connectivity index (χ2v) is 11.6. The number of benzene rings is 3. The highest BCUT2D eigenvalue weighted by molar-refractivity contribution is 6.36. The smallest absolute Gasteiger partial charge is 0.407 e. The van der Waals surface area contributed by atoms with Crippen LogP contribution in [-0.4, -0.2) is 49.2 Å². The van der Waals surface area contributed by atoms with Gasteiger partial charge in [0.2, 0.25) is 0 Å². The molecule has 3 N–H and O–H groups in total. The first-order chi connectivity index (χ1) is 22.5. The molecule has 6 rings (SSSR count). The molecule has 2 aromatic heterocycles. The average Bonchev–Trinajstić information content (AvgIpc) is 3.54. The first kappa shape index (κ1) is 31.8. The van der Waals surface area contributed by atoms with E-state index in [1.807, 2.05) is 0 Å². The van der Waals surface area contributed by atoms with E-state index in [1.54, 1.807) is 16.9 Å². The normalized spacial score (nSPS) is 14.2. The minimum Gasteiger partial charge on any atom is -0.465 e. The van der Waals surface area contributed by atoms with Crippen molar-refractivity contribution in [3.8, 4) is 6.07 Å². The van der Waals surface area contributed by atoms with Gasteiger partial charge in [-0.05, 0) is 60.9 Å². The van der Waals surface area contributed by atoms with Crippen LogP contribution >= 0.6 is 23.2 Å². The molecule has 1 amide bonds. The molecule has 5 aromatic rings. The summed E-state index contributed by atoms with van der Waals surface area (Å²) in [7, 11) is 0. The first-order valence-electron chi connectivity index (χ1n) is 14.1. The number of nitriles is 1. The van der Waals surface area contributed by atoms with Gasteiger partial charge in [-0.1, -0.05) is 28.4 Å². The van der Waals surface area contributed by atoms with Gasteiger partial charge in [-0.15, -0.1) is 5.10 Å². The Balaban J connectivity index is 1.41. The van der Waals surface area contributed by atoms with Gasteiger partial charge in [0.25, 0.3) is 0 Å². The van der Waals surface area contributed by atoms with Crippen LogP contribution in [0.3, 0.4) is 0 Å². The van der Waals surface area contributed by atoms with Gasteiger partial charge in [0.15, 0.2) is 17.5 Å². The fraction of sp³-hybridized carbons (Fsp3) is 0.194. The molecule has 1 aliphatic rings. The monoisotopic (exact) mass is 684 g/mol. The third-order valence-corrected chi connectivity index (χ3v) is 8.40. The lowest BCUT2D eigenvalue weighted by molar-refractivity contribution is 0.123. The lowest BCUT2D eigenvalue weighted by Crippen LogP contribution is -2.38. The fourth-order valence-corrected chi connectivity index (χ4v) is 5.89. The highest BCUT2D eigenvalue weighted by Crippen LogP contribution is 2.37. The quantitative estimate of drug-likeness (QED) is 0.117. The van der Waals surface area contributed by atoms with Crippen molar-refractivity contribution >= 4 is 57.3 Å². The number of rotatable bonds is 7. The van der Waals surface area contributed by atoms with Crippen molar-refractivity contribution in [1.82, 2.24) is 24.9 Å². The number of likely N-dealkylation sites (tertiary alicyclic amines) is 1. The van der Waals surface area contributed by atoms with Crippen molar-refractivity contribution in [2.24, 2.45) is 0 Å². The zero-order valence-corrected chi connectivity index (χ0v) is 25.5. The average molecular weight is 685 g/mol. The molecule has 0 bridgehead atoms. The minimum absolute atomic E-state index is 0.0198. The Morgan fingerprint density at radius 2 is 1.70 bits per heavy atom. The molecule has 0 spiro atoms. The number of fused-ring (bicyclic) bond motifs is 1. The van der Waals surface area contributed by atoms with E-state index in [0.717, 1.165) is 18.2 Å². The number of piperidine rings is 1. The predicted molar refractivity (Wildman–Crippen MR) is 166 cm³/mol. The van der Waals surface area contributed by atoms with Crippen LogP contribution in [0.2, 0.25) is 10.0 Å². The van der Waals surface area contributed by atoms with E-state index in [0.29, 0.717) is 48.2 Å². The molecular formula is C31H22Cl2F4N8O2. The number of hydrogen-bond acceptors (Lipinski definition) is 7. The number of anilines is 3. The molecule has 1 aliphatic heterocycles. The first-order valence-corrected chi connectivity index (χ1v) is 14.8. The van der Waals surface area contributed by atoms with Gasteiger partial charge in [-0.3, -0.25) is 4.98 Å². The Morgan fingerprint density at radius 3 is 2.36 bits per heavy atom. The Labute approximate surface area is 274 Å². The van der Waals surface area contributed by atoms with E-state index in [4.69, 9.17) is 23.2 Å². The molecule has 0 radical (unpaired) electrons. The molecule has 0 aliphatic carbocycles. The summed E-state index contributed by atoms with van der Waals surface area (Å²) in [6, 6.07) is 9.50. The number of nitrogens with zero attached hydrogens (tertiary/aromatic N) is 6. The number of hydrogen-bond donors (Lipinski definition) is 3. The van der Waals surface area contributed by atoms with E-state index >= 15 is 0 Å². The van der Waals surface area contributed by atoms with Gasteiger partial charge in [0.1, 0.15) is 17.6 Å². The number of pyridine rings is 1. The van der Waals surface area contributed by atoms with E-state index < -0.39 is 35.4 Å². The molecule has 3 aromatic carbocycles. The summed E-state index contributed by atoms with van der Waals surface area (Å²) >= 11 is 12.6. The third-order valence-electron chi connectivity index (χ3n) is 7.82. The minimum atomic E-state index is -1.64. The Kier molecular flexibility index (Phi) is 8.76. The maximum absolute atomic E-state index is 14.5. The standard InChI is InChI=1S/C31H22Cl2F4N8O2/c32-21-10-17(1-2-23(21)34)40-28-16(12-38)13-39-30-20(28)9-18(11-22(30)33)41-29(15-7-24(35)27(37)25(36)8-15)26-14-45(43-42-26)19-3-5-44(6-4-19)31(46)47/h1-2,7-11,13-14,19,29,41H,3-6H2,(H,39,40)(H,46,47). The van der Waals surface area contributed by atoms with Crippen LogP contribution in [0.15, 0.2) is 54.9 Å². The summed E-state index contributed by atoms with van der Waals surface area (Å²) in [6.07, 6.45) is 2.81. The number of carboxylic acid groups (broad SMARTS) is 1. The van der Waals surface area contributed by atoms with E-state index in [1.165, 1.54) is 29.3 Å². The van der Waals surface area contributed by atoms with E-state index in [2.05, 4.69) is 32.0 Å². The van der Waals surface area contributed by atoms with Crippen LogP contribution < -0.4 is 10.6 Å². The van der Waals surface area contributed by atoms with Crippen molar-refractivity contribution in [2.45, 2.75) is 24.9 Å². The molecule has 10 nitrogen and oxygen atoms in total. The molecule has 16 heteroatoms. The van der Waals surface area contributed by atoms with Gasteiger partial charge in [-0.2, -0.15) is 5.26 Å². The molecule has 240 valence electrons. The van der Waals surface area contributed by atoms with Crippen LogP contribution in [0.1, 0.15) is 41.7 Å². The van der Waals surface area contributed by atoms with Crippen LogP contribution in [0.5, 0.6) is 0 Å². The third kappa shape index (κ3) is 6.45. The largest absolute Gasteiger partial charge is 0.465 e. The Morgan fingerprint density at radius 1 is 1.00 bits per heavy atom. The summed E-state index contributed by atoms with van der Waals surface area (Å²) in [6.45, 7) is 0.583. The SMILES string of the molecule is N#Cc1cnc2c(Cl)cc(NC(c3cc(F)c(F)c(F)c3)c3cn(C4CCN(C(=O)O)CC4)nn3)cc2c1Nc1ccc(F)c(Cl)c1. The summed E-state index contributed by atoms with van der Waals surface area (Å²) in [4.78, 5) is 16.9. The van der Waals surface area contributed by atoms with Crippen LogP contribution in [0, 0.1) is 34.6 Å². The summed E-state index contributed by atoms with van der Waals surface area (Å²) in [5.74, 6) is -5.09. The van der Waals surface area contributed by atoms with Gasteiger partial charge >= 0.3 is 6.09 Å². The summed E-state index contributed by atoms with van der Waals surface area (Å²) in [5, 5.41) is 34.2. The summed E-state index contributed by atoms with van der Waals surface area (Å²) < 4.78 is 58.3. The molecule has 3 heterocycles. The topological polar surface area (TPSA) is 132 Å². The molecule has 1 atom stereocenters. The van der Waals surface area contributed by atoms with Crippen LogP contribution in [0.25, 0.3) is 10.9 Å². The Bertz CT molecular complexity index is 2040. The van der Waals surface area contributed by atoms with Crippen LogP contribution in [-0.2, 0) is 0 Å². The maximum Gasteiger partial charge on any atom is 0.407 e. The summed E-state index contributed by atoms with van der Waals surface area (Å²) in [5.41, 5.74) is 1.59. The number of aromatic nitrogens is 4. The van der Waals surface area contributed by atoms with Crippen molar-refractivity contribution in [1.29, 1.82) is 5.26 Å². The molecule has 1 fully saturated rings. The number of halogens is 6. The number of amides is 1. The van der Waals surface area contributed by atoms with Crippen molar-refractivity contribution in [3.63, 3.8) is 0 Å². The molecule has 1 unspecified atom stereocenters. The molecule has 47 heavy (non-hydrogen) atoms.